The van der Waals surface area contributed by atoms with Crippen LogP contribution in [0.25, 0.3) is 0 Å². The summed E-state index contributed by atoms with van der Waals surface area (Å²) in [5.41, 5.74) is 0.946. The van der Waals surface area contributed by atoms with Crippen LogP contribution in [0.2, 0.25) is 0 Å². The average molecular weight is 406 g/mol. The second kappa shape index (κ2) is 7.48. The first-order valence-corrected chi connectivity index (χ1v) is 11.8. The van der Waals surface area contributed by atoms with E-state index in [1.165, 1.54) is 4.31 Å². The summed E-state index contributed by atoms with van der Waals surface area (Å²) in [5.74, 6) is -0.444. The molecule has 0 aromatic heterocycles. The van der Waals surface area contributed by atoms with Gasteiger partial charge in [-0.15, -0.1) is 0 Å². The van der Waals surface area contributed by atoms with Gasteiger partial charge < -0.3 is 9.80 Å². The van der Waals surface area contributed by atoms with Crippen molar-refractivity contribution in [1.82, 2.24) is 14.1 Å². The molecule has 3 aliphatic rings. The van der Waals surface area contributed by atoms with Crippen molar-refractivity contribution < 1.29 is 18.0 Å². The molecule has 0 bridgehead atoms. The Balaban J connectivity index is 1.67. The van der Waals surface area contributed by atoms with Crippen LogP contribution in [0.4, 0.5) is 0 Å². The summed E-state index contributed by atoms with van der Waals surface area (Å²) < 4.78 is 25.3. The molecule has 152 valence electrons. The molecule has 4 rings (SSSR count). The number of rotatable bonds is 3. The Morgan fingerprint density at radius 2 is 1.75 bits per heavy atom. The van der Waals surface area contributed by atoms with Crippen molar-refractivity contribution in [2.24, 2.45) is 5.92 Å². The summed E-state index contributed by atoms with van der Waals surface area (Å²) in [6.07, 6.45) is 4.82. The van der Waals surface area contributed by atoms with Gasteiger partial charge in [-0.25, -0.2) is 8.42 Å². The lowest BCUT2D eigenvalue weighted by Gasteiger charge is -2.39. The molecule has 3 fully saturated rings. The van der Waals surface area contributed by atoms with Gasteiger partial charge in [0, 0.05) is 25.7 Å². The van der Waals surface area contributed by atoms with Crippen molar-refractivity contribution in [3.8, 4) is 0 Å². The molecule has 3 saturated heterocycles. The van der Waals surface area contributed by atoms with E-state index in [-0.39, 0.29) is 42.9 Å². The standard InChI is InChI=1S/C20H27N3O4S/c1-28(26,27)22-13-16-12-17(20(25)21-10-6-3-7-11-21)19(23(16)18(24)14-22)15-8-4-2-5-9-15/h2,4-5,8-9,16-17,19H,3,6-7,10-14H2,1H3/t16-,17-,19-/m1/s1. The number of amides is 2. The Kier molecular flexibility index (Phi) is 5.18. The minimum atomic E-state index is -3.45. The van der Waals surface area contributed by atoms with Crippen molar-refractivity contribution in [3.05, 3.63) is 35.9 Å². The zero-order valence-electron chi connectivity index (χ0n) is 16.2. The van der Waals surface area contributed by atoms with Crippen LogP contribution in [-0.2, 0) is 19.6 Å². The van der Waals surface area contributed by atoms with E-state index in [4.69, 9.17) is 0 Å². The Labute approximate surface area is 166 Å². The fraction of sp³-hybridized carbons (Fsp3) is 0.600. The first-order chi connectivity index (χ1) is 13.4. The predicted octanol–water partition coefficient (Wildman–Crippen LogP) is 1.23. The maximum Gasteiger partial charge on any atom is 0.238 e. The van der Waals surface area contributed by atoms with Crippen LogP contribution in [0.15, 0.2) is 30.3 Å². The summed E-state index contributed by atoms with van der Waals surface area (Å²) >= 11 is 0. The van der Waals surface area contributed by atoms with Crippen LogP contribution in [0.3, 0.4) is 0 Å². The van der Waals surface area contributed by atoms with Crippen LogP contribution in [-0.4, -0.2) is 72.8 Å². The lowest BCUT2D eigenvalue weighted by molar-refractivity contribution is -0.141. The normalized spacial score (nSPS) is 29.0. The smallest absolute Gasteiger partial charge is 0.238 e. The highest BCUT2D eigenvalue weighted by atomic mass is 32.2. The fourth-order valence-corrected chi connectivity index (χ4v) is 5.68. The van der Waals surface area contributed by atoms with Crippen LogP contribution < -0.4 is 0 Å². The molecular weight excluding hydrogens is 378 g/mol. The van der Waals surface area contributed by atoms with Gasteiger partial charge in [-0.1, -0.05) is 30.3 Å². The molecule has 28 heavy (non-hydrogen) atoms. The Morgan fingerprint density at radius 3 is 2.39 bits per heavy atom. The largest absolute Gasteiger partial charge is 0.342 e. The van der Waals surface area contributed by atoms with E-state index in [2.05, 4.69) is 0 Å². The van der Waals surface area contributed by atoms with Gasteiger partial charge in [-0.05, 0) is 31.2 Å². The number of carbonyl (C=O) groups excluding carboxylic acids is 2. The zero-order chi connectivity index (χ0) is 19.9. The number of hydrogen-bond acceptors (Lipinski definition) is 4. The average Bonchev–Trinajstić information content (AvgIpc) is 3.08. The minimum absolute atomic E-state index is 0.0988. The van der Waals surface area contributed by atoms with Gasteiger partial charge in [0.1, 0.15) is 0 Å². The third-order valence-corrected chi connectivity index (χ3v) is 7.43. The molecule has 0 unspecified atom stereocenters. The number of sulfonamides is 1. The molecule has 0 N–H and O–H groups in total. The van der Waals surface area contributed by atoms with Crippen LogP contribution in [0.1, 0.15) is 37.3 Å². The van der Waals surface area contributed by atoms with Crippen molar-refractivity contribution in [2.45, 2.75) is 37.8 Å². The molecule has 2 amide bonds. The molecule has 0 spiro atoms. The lowest BCUT2D eigenvalue weighted by atomic mass is 9.91. The third kappa shape index (κ3) is 3.55. The zero-order valence-corrected chi connectivity index (χ0v) is 17.0. The molecule has 0 radical (unpaired) electrons. The lowest BCUT2D eigenvalue weighted by Crippen LogP contribution is -2.55. The van der Waals surface area contributed by atoms with E-state index in [1.54, 1.807) is 4.90 Å². The number of likely N-dealkylation sites (tertiary alicyclic amines) is 1. The number of nitrogens with zero attached hydrogens (tertiary/aromatic N) is 3. The van der Waals surface area contributed by atoms with Crippen molar-refractivity contribution >= 4 is 21.8 Å². The van der Waals surface area contributed by atoms with Gasteiger partial charge in [-0.2, -0.15) is 4.31 Å². The number of carbonyl (C=O) groups is 2. The third-order valence-electron chi connectivity index (χ3n) is 6.21. The van der Waals surface area contributed by atoms with Gasteiger partial charge in [0.15, 0.2) is 0 Å². The number of piperazine rings is 1. The maximum atomic E-state index is 13.4. The van der Waals surface area contributed by atoms with E-state index in [0.717, 1.165) is 44.2 Å². The Hall–Kier alpha value is -1.93. The van der Waals surface area contributed by atoms with E-state index in [0.29, 0.717) is 6.42 Å². The first kappa shape index (κ1) is 19.4. The monoisotopic (exact) mass is 405 g/mol. The van der Waals surface area contributed by atoms with Gasteiger partial charge in [0.2, 0.25) is 21.8 Å². The fourth-order valence-electron chi connectivity index (χ4n) is 4.89. The van der Waals surface area contributed by atoms with Gasteiger partial charge in [0.05, 0.1) is 24.8 Å². The topological polar surface area (TPSA) is 78.0 Å². The second-order valence-corrected chi connectivity index (χ2v) is 10.1. The van der Waals surface area contributed by atoms with Crippen LogP contribution in [0.5, 0.6) is 0 Å². The summed E-state index contributed by atoms with van der Waals surface area (Å²) in [6, 6.07) is 9.08. The summed E-state index contributed by atoms with van der Waals surface area (Å²) in [5, 5.41) is 0. The second-order valence-electron chi connectivity index (χ2n) is 8.09. The highest BCUT2D eigenvalue weighted by Crippen LogP contribution is 2.44. The molecule has 0 aliphatic carbocycles. The van der Waals surface area contributed by atoms with E-state index >= 15 is 0 Å². The van der Waals surface area contributed by atoms with Crippen molar-refractivity contribution in [3.63, 3.8) is 0 Å². The molecule has 8 heteroatoms. The number of piperidine rings is 1. The van der Waals surface area contributed by atoms with Crippen LogP contribution in [0, 0.1) is 5.92 Å². The molecule has 3 heterocycles. The van der Waals surface area contributed by atoms with Crippen LogP contribution >= 0.6 is 0 Å². The molecule has 7 nitrogen and oxygen atoms in total. The van der Waals surface area contributed by atoms with Crippen molar-refractivity contribution in [1.29, 1.82) is 0 Å². The van der Waals surface area contributed by atoms with Gasteiger partial charge in [-0.3, -0.25) is 9.59 Å². The molecule has 1 aromatic carbocycles. The highest BCUT2D eigenvalue weighted by Gasteiger charge is 2.52. The number of fused-ring (bicyclic) bond motifs is 1. The molecular formula is C20H27N3O4S. The minimum Gasteiger partial charge on any atom is -0.342 e. The van der Waals surface area contributed by atoms with E-state index in [1.807, 2.05) is 35.2 Å². The Morgan fingerprint density at radius 1 is 1.07 bits per heavy atom. The van der Waals surface area contributed by atoms with E-state index in [9.17, 15) is 18.0 Å². The molecule has 3 atom stereocenters. The Bertz CT molecular complexity index is 851. The summed E-state index contributed by atoms with van der Waals surface area (Å²) in [7, 11) is -3.45. The molecule has 3 aliphatic heterocycles. The predicted molar refractivity (Wildman–Crippen MR) is 105 cm³/mol. The first-order valence-electron chi connectivity index (χ1n) is 9.96. The van der Waals surface area contributed by atoms with Gasteiger partial charge >= 0.3 is 0 Å². The summed E-state index contributed by atoms with van der Waals surface area (Å²) in [4.78, 5) is 30.0. The van der Waals surface area contributed by atoms with E-state index < -0.39 is 10.0 Å². The quantitative estimate of drug-likeness (QED) is 0.758. The highest BCUT2D eigenvalue weighted by molar-refractivity contribution is 7.88. The van der Waals surface area contributed by atoms with Crippen molar-refractivity contribution in [2.75, 3.05) is 32.4 Å². The maximum absolute atomic E-state index is 13.4. The summed E-state index contributed by atoms with van der Waals surface area (Å²) in [6.45, 7) is 1.65. The molecule has 0 saturated carbocycles. The number of benzene rings is 1. The van der Waals surface area contributed by atoms with Gasteiger partial charge in [0.25, 0.3) is 0 Å². The molecule has 1 aromatic rings. The SMILES string of the molecule is CS(=O)(=O)N1CC(=O)N2[C@H](C[C@@H](C(=O)N3CCCCC3)[C@H]2c2ccccc2)C1. The number of hydrogen-bond donors (Lipinski definition) is 0.